The second-order valence-electron chi connectivity index (χ2n) is 5.32. The van der Waals surface area contributed by atoms with Crippen LogP contribution in [0.5, 0.6) is 23.5 Å². The standard InChI is InChI=1S/C20H17N3O5/c1-25-12-16(18(24)26-2)15-10-6-7-11-17(15)28-20-22-13-21-19(23-20)27-14-8-4-3-5-9-14/h3-13H,1-2H3. The van der Waals surface area contributed by atoms with Crippen LogP contribution >= 0.6 is 0 Å². The molecule has 3 rings (SSSR count). The number of carbonyl (C=O) groups is 1. The fourth-order valence-corrected chi connectivity index (χ4v) is 2.29. The Morgan fingerprint density at radius 2 is 1.57 bits per heavy atom. The number of rotatable bonds is 7. The summed E-state index contributed by atoms with van der Waals surface area (Å²) >= 11 is 0. The van der Waals surface area contributed by atoms with Crippen molar-refractivity contribution in [3.8, 4) is 23.5 Å². The van der Waals surface area contributed by atoms with Crippen LogP contribution in [-0.4, -0.2) is 35.1 Å². The zero-order valence-corrected chi connectivity index (χ0v) is 15.2. The summed E-state index contributed by atoms with van der Waals surface area (Å²) < 4.78 is 21.1. The van der Waals surface area contributed by atoms with Gasteiger partial charge in [-0.25, -0.2) is 4.79 Å². The van der Waals surface area contributed by atoms with Gasteiger partial charge in [0.25, 0.3) is 0 Å². The number of ether oxygens (including phenoxy) is 4. The van der Waals surface area contributed by atoms with E-state index in [1.165, 1.54) is 26.8 Å². The Hall–Kier alpha value is -3.94. The van der Waals surface area contributed by atoms with Crippen molar-refractivity contribution < 1.29 is 23.7 Å². The lowest BCUT2D eigenvalue weighted by molar-refractivity contribution is -0.133. The quantitative estimate of drug-likeness (QED) is 0.349. The summed E-state index contributed by atoms with van der Waals surface area (Å²) in [6.07, 6.45) is 2.56. The molecule has 0 aliphatic carbocycles. The Kier molecular flexibility index (Phi) is 6.14. The van der Waals surface area contributed by atoms with Gasteiger partial charge in [0.05, 0.1) is 20.5 Å². The lowest BCUT2D eigenvalue weighted by Crippen LogP contribution is -2.06. The largest absolute Gasteiger partial charge is 0.503 e. The number of para-hydroxylation sites is 2. The second-order valence-corrected chi connectivity index (χ2v) is 5.32. The van der Waals surface area contributed by atoms with Crippen molar-refractivity contribution >= 4 is 11.5 Å². The molecule has 1 aromatic heterocycles. The average Bonchev–Trinajstić information content (AvgIpc) is 2.73. The third-order valence-corrected chi connectivity index (χ3v) is 3.50. The zero-order chi connectivity index (χ0) is 19.8. The van der Waals surface area contributed by atoms with E-state index in [0.717, 1.165) is 0 Å². The molecule has 0 bridgehead atoms. The third kappa shape index (κ3) is 4.61. The van der Waals surface area contributed by atoms with Crippen LogP contribution in [0.15, 0.2) is 67.2 Å². The van der Waals surface area contributed by atoms with Crippen LogP contribution in [0.1, 0.15) is 5.56 Å². The lowest BCUT2D eigenvalue weighted by Gasteiger charge is -2.11. The van der Waals surface area contributed by atoms with E-state index in [1.807, 2.05) is 18.2 Å². The number of carbonyl (C=O) groups excluding carboxylic acids is 1. The van der Waals surface area contributed by atoms with Gasteiger partial charge in [-0.3, -0.25) is 0 Å². The maximum Gasteiger partial charge on any atom is 0.341 e. The Morgan fingerprint density at radius 1 is 0.893 bits per heavy atom. The molecule has 0 aliphatic rings. The zero-order valence-electron chi connectivity index (χ0n) is 15.2. The number of aromatic nitrogens is 3. The first-order chi connectivity index (χ1) is 13.7. The van der Waals surface area contributed by atoms with Crippen molar-refractivity contribution in [3.05, 3.63) is 72.8 Å². The Morgan fingerprint density at radius 3 is 2.29 bits per heavy atom. The fourth-order valence-electron chi connectivity index (χ4n) is 2.29. The molecule has 0 radical (unpaired) electrons. The Balaban J connectivity index is 1.87. The van der Waals surface area contributed by atoms with Crippen LogP contribution in [0.25, 0.3) is 5.57 Å². The summed E-state index contributed by atoms with van der Waals surface area (Å²) in [5, 5.41) is 0. The highest BCUT2D eigenvalue weighted by molar-refractivity contribution is 6.17. The van der Waals surface area contributed by atoms with Crippen molar-refractivity contribution in [2.75, 3.05) is 14.2 Å². The molecule has 0 N–H and O–H groups in total. The molecule has 3 aromatic rings. The normalized spacial score (nSPS) is 10.9. The highest BCUT2D eigenvalue weighted by Gasteiger charge is 2.18. The number of nitrogens with zero attached hydrogens (tertiary/aromatic N) is 3. The van der Waals surface area contributed by atoms with Crippen molar-refractivity contribution in [1.82, 2.24) is 15.0 Å². The molecule has 142 valence electrons. The lowest BCUT2D eigenvalue weighted by atomic mass is 10.1. The molecule has 0 unspecified atom stereocenters. The van der Waals surface area contributed by atoms with Crippen molar-refractivity contribution in [2.24, 2.45) is 0 Å². The minimum absolute atomic E-state index is 0.00927. The van der Waals surface area contributed by atoms with E-state index in [4.69, 9.17) is 18.9 Å². The summed E-state index contributed by atoms with van der Waals surface area (Å²) in [6.45, 7) is 0. The van der Waals surface area contributed by atoms with Crippen molar-refractivity contribution in [1.29, 1.82) is 0 Å². The van der Waals surface area contributed by atoms with Gasteiger partial charge in [0.1, 0.15) is 23.4 Å². The molecule has 0 amide bonds. The van der Waals surface area contributed by atoms with Crippen molar-refractivity contribution in [2.45, 2.75) is 0 Å². The molecule has 0 spiro atoms. The molecule has 28 heavy (non-hydrogen) atoms. The second kappa shape index (κ2) is 9.13. The molecule has 8 heteroatoms. The molecule has 0 saturated carbocycles. The van der Waals surface area contributed by atoms with Gasteiger partial charge in [-0.05, 0) is 18.2 Å². The predicted octanol–water partition coefficient (Wildman–Crippen LogP) is 3.62. The Bertz CT molecular complexity index is 976. The molecule has 1 heterocycles. The SMILES string of the molecule is COC=C(C(=O)OC)c1ccccc1Oc1ncnc(Oc2ccccc2)n1. The maximum absolute atomic E-state index is 12.1. The summed E-state index contributed by atoms with van der Waals surface area (Å²) in [5.74, 6) is 0.353. The predicted molar refractivity (Wildman–Crippen MR) is 99.9 cm³/mol. The van der Waals surface area contributed by atoms with E-state index < -0.39 is 5.97 Å². The van der Waals surface area contributed by atoms with Gasteiger partial charge in [0.15, 0.2) is 0 Å². The number of methoxy groups -OCH3 is 2. The van der Waals surface area contributed by atoms with E-state index in [9.17, 15) is 4.79 Å². The van der Waals surface area contributed by atoms with E-state index in [0.29, 0.717) is 17.1 Å². The number of hydrogen-bond donors (Lipinski definition) is 0. The number of benzene rings is 2. The molecule has 0 aliphatic heterocycles. The molecule has 0 fully saturated rings. The first-order valence-corrected chi connectivity index (χ1v) is 8.21. The fraction of sp³-hybridized carbons (Fsp3) is 0.100. The van der Waals surface area contributed by atoms with E-state index in [2.05, 4.69) is 15.0 Å². The van der Waals surface area contributed by atoms with Crippen LogP contribution < -0.4 is 9.47 Å². The van der Waals surface area contributed by atoms with Gasteiger partial charge in [-0.15, -0.1) is 4.98 Å². The van der Waals surface area contributed by atoms with Crippen LogP contribution in [0.4, 0.5) is 0 Å². The molecule has 0 atom stereocenters. The highest BCUT2D eigenvalue weighted by atomic mass is 16.5. The first-order valence-electron chi connectivity index (χ1n) is 8.21. The molecule has 0 saturated heterocycles. The van der Waals surface area contributed by atoms with Gasteiger partial charge >= 0.3 is 18.0 Å². The van der Waals surface area contributed by atoms with E-state index >= 15 is 0 Å². The molecule has 8 nitrogen and oxygen atoms in total. The minimum atomic E-state index is -0.568. The summed E-state index contributed by atoms with van der Waals surface area (Å²) in [4.78, 5) is 24.2. The highest BCUT2D eigenvalue weighted by Crippen LogP contribution is 2.30. The summed E-state index contributed by atoms with van der Waals surface area (Å²) in [7, 11) is 2.72. The maximum atomic E-state index is 12.1. The molecular weight excluding hydrogens is 362 g/mol. The summed E-state index contributed by atoms with van der Waals surface area (Å²) in [6, 6.07) is 16.1. The number of esters is 1. The minimum Gasteiger partial charge on any atom is -0.503 e. The topological polar surface area (TPSA) is 92.7 Å². The van der Waals surface area contributed by atoms with Crippen LogP contribution in [-0.2, 0) is 14.3 Å². The monoisotopic (exact) mass is 379 g/mol. The Labute approximate surface area is 161 Å². The first kappa shape index (κ1) is 18.8. The number of hydrogen-bond acceptors (Lipinski definition) is 8. The van der Waals surface area contributed by atoms with E-state index in [1.54, 1.807) is 36.4 Å². The van der Waals surface area contributed by atoms with Crippen LogP contribution in [0, 0.1) is 0 Å². The van der Waals surface area contributed by atoms with E-state index in [-0.39, 0.29) is 17.6 Å². The van der Waals surface area contributed by atoms with Gasteiger partial charge in [-0.1, -0.05) is 36.4 Å². The average molecular weight is 379 g/mol. The van der Waals surface area contributed by atoms with Gasteiger partial charge in [0.2, 0.25) is 0 Å². The van der Waals surface area contributed by atoms with Crippen molar-refractivity contribution in [3.63, 3.8) is 0 Å². The van der Waals surface area contributed by atoms with Gasteiger partial charge in [0, 0.05) is 5.56 Å². The smallest absolute Gasteiger partial charge is 0.341 e. The van der Waals surface area contributed by atoms with Crippen LogP contribution in [0.3, 0.4) is 0 Å². The molecule has 2 aromatic carbocycles. The third-order valence-electron chi connectivity index (χ3n) is 3.50. The van der Waals surface area contributed by atoms with Crippen LogP contribution in [0.2, 0.25) is 0 Å². The van der Waals surface area contributed by atoms with Gasteiger partial charge in [-0.2, -0.15) is 9.97 Å². The molecular formula is C20H17N3O5. The van der Waals surface area contributed by atoms with Gasteiger partial charge < -0.3 is 18.9 Å². The summed E-state index contributed by atoms with van der Waals surface area (Å²) in [5.41, 5.74) is 0.651.